The molecule has 0 radical (unpaired) electrons. The Balaban J connectivity index is 1.97. The van der Waals surface area contributed by atoms with Crippen LogP contribution in [0.25, 0.3) is 22.3 Å². The molecule has 0 aliphatic carbocycles. The van der Waals surface area contributed by atoms with Gasteiger partial charge in [0.2, 0.25) is 5.91 Å². The first-order chi connectivity index (χ1) is 12.7. The first kappa shape index (κ1) is 19.3. The summed E-state index contributed by atoms with van der Waals surface area (Å²) in [6, 6.07) is 12.1. The zero-order valence-corrected chi connectivity index (χ0v) is 16.7. The highest BCUT2D eigenvalue weighted by Gasteiger charge is 2.16. The van der Waals surface area contributed by atoms with Crippen LogP contribution in [0.4, 0.5) is 4.39 Å². The third-order valence-corrected chi connectivity index (χ3v) is 4.76. The summed E-state index contributed by atoms with van der Waals surface area (Å²) in [6.45, 7) is 7.86. The Bertz CT molecular complexity index is 981. The number of hydrogen-bond acceptors (Lipinski definition) is 4. The topological polar surface area (TPSA) is 54.9 Å². The number of benzene rings is 2. The Morgan fingerprint density at radius 3 is 2.48 bits per heavy atom. The molecule has 0 unspecified atom stereocenters. The molecular weight excluding hydrogens is 361 g/mol. The standard InChI is InChI=1S/C21H22FN3OS/c1-13-5-10-17-16(11-13)20(27-12-18(26)25-21(2,3)4)24-19(23-17)14-6-8-15(22)9-7-14/h5-11H,12H2,1-4H3,(H,25,26). The molecule has 0 aliphatic heterocycles. The van der Waals surface area contributed by atoms with E-state index in [-0.39, 0.29) is 23.0 Å². The van der Waals surface area contributed by atoms with Crippen molar-refractivity contribution in [1.29, 1.82) is 0 Å². The molecule has 0 aliphatic rings. The Labute approximate surface area is 162 Å². The molecule has 0 saturated heterocycles. The maximum Gasteiger partial charge on any atom is 0.230 e. The molecule has 3 aromatic rings. The largest absolute Gasteiger partial charge is 0.351 e. The maximum absolute atomic E-state index is 13.2. The van der Waals surface area contributed by atoms with E-state index in [4.69, 9.17) is 0 Å². The van der Waals surface area contributed by atoms with E-state index in [1.165, 1.54) is 23.9 Å². The number of aromatic nitrogens is 2. The van der Waals surface area contributed by atoms with Crippen molar-refractivity contribution in [2.45, 2.75) is 38.3 Å². The minimum atomic E-state index is -0.302. The SMILES string of the molecule is Cc1ccc2nc(-c3ccc(F)cc3)nc(SCC(=O)NC(C)(C)C)c2c1. The number of carbonyl (C=O) groups is 1. The zero-order valence-electron chi connectivity index (χ0n) is 15.8. The fourth-order valence-electron chi connectivity index (χ4n) is 2.64. The summed E-state index contributed by atoms with van der Waals surface area (Å²) in [5.41, 5.74) is 2.36. The number of nitrogens with one attached hydrogen (secondary N) is 1. The van der Waals surface area contributed by atoms with Crippen molar-refractivity contribution in [2.75, 3.05) is 5.75 Å². The minimum absolute atomic E-state index is 0.0461. The van der Waals surface area contributed by atoms with Gasteiger partial charge in [-0.05, 0) is 64.1 Å². The van der Waals surface area contributed by atoms with Crippen molar-refractivity contribution in [1.82, 2.24) is 15.3 Å². The summed E-state index contributed by atoms with van der Waals surface area (Å²) in [5.74, 6) is 0.434. The molecule has 27 heavy (non-hydrogen) atoms. The van der Waals surface area contributed by atoms with Gasteiger partial charge in [-0.15, -0.1) is 0 Å². The molecule has 6 heteroatoms. The molecule has 140 valence electrons. The molecule has 1 amide bonds. The summed E-state index contributed by atoms with van der Waals surface area (Å²) in [6.07, 6.45) is 0. The quantitative estimate of drug-likeness (QED) is 0.522. The number of carbonyl (C=O) groups excluding carboxylic acids is 1. The summed E-state index contributed by atoms with van der Waals surface area (Å²) in [4.78, 5) is 21.5. The van der Waals surface area contributed by atoms with E-state index in [0.717, 1.165) is 27.1 Å². The van der Waals surface area contributed by atoms with Gasteiger partial charge >= 0.3 is 0 Å². The lowest BCUT2D eigenvalue weighted by Crippen LogP contribution is -2.41. The molecule has 2 aromatic carbocycles. The smallest absolute Gasteiger partial charge is 0.230 e. The number of aryl methyl sites for hydroxylation is 1. The summed E-state index contributed by atoms with van der Waals surface area (Å²) >= 11 is 1.38. The van der Waals surface area contributed by atoms with Crippen LogP contribution in [-0.2, 0) is 4.79 Å². The van der Waals surface area contributed by atoms with Crippen LogP contribution in [-0.4, -0.2) is 27.2 Å². The second kappa shape index (κ2) is 7.64. The molecule has 1 heterocycles. The first-order valence-electron chi connectivity index (χ1n) is 8.69. The summed E-state index contributed by atoms with van der Waals surface area (Å²) in [7, 11) is 0. The van der Waals surface area contributed by atoms with Crippen LogP contribution >= 0.6 is 11.8 Å². The predicted octanol–water partition coefficient (Wildman–Crippen LogP) is 4.75. The Hall–Kier alpha value is -2.47. The van der Waals surface area contributed by atoms with Gasteiger partial charge in [-0.25, -0.2) is 14.4 Å². The summed E-state index contributed by atoms with van der Waals surface area (Å²) in [5, 5.41) is 4.61. The molecule has 0 spiro atoms. The molecule has 0 atom stereocenters. The Kier molecular flexibility index (Phi) is 5.46. The normalized spacial score (nSPS) is 11.6. The Morgan fingerprint density at radius 1 is 1.11 bits per heavy atom. The van der Waals surface area contributed by atoms with Crippen molar-refractivity contribution in [3.63, 3.8) is 0 Å². The van der Waals surface area contributed by atoms with Gasteiger partial charge in [-0.3, -0.25) is 4.79 Å². The molecule has 0 fully saturated rings. The van der Waals surface area contributed by atoms with E-state index in [2.05, 4.69) is 15.3 Å². The van der Waals surface area contributed by atoms with Gasteiger partial charge in [-0.1, -0.05) is 23.4 Å². The first-order valence-corrected chi connectivity index (χ1v) is 9.68. The third-order valence-electron chi connectivity index (χ3n) is 3.77. The molecule has 1 aromatic heterocycles. The van der Waals surface area contributed by atoms with Gasteiger partial charge in [0.1, 0.15) is 10.8 Å². The fraction of sp³-hybridized carbons (Fsp3) is 0.286. The molecule has 0 saturated carbocycles. The van der Waals surface area contributed by atoms with Crippen molar-refractivity contribution >= 4 is 28.6 Å². The number of nitrogens with zero attached hydrogens (tertiary/aromatic N) is 2. The molecule has 0 bridgehead atoms. The van der Waals surface area contributed by atoms with Gasteiger partial charge in [0.15, 0.2) is 5.82 Å². The average Bonchev–Trinajstić information content (AvgIpc) is 2.59. The fourth-order valence-corrected chi connectivity index (χ4v) is 3.45. The highest BCUT2D eigenvalue weighted by molar-refractivity contribution is 8.00. The van der Waals surface area contributed by atoms with Crippen LogP contribution in [0.5, 0.6) is 0 Å². The number of halogens is 1. The van der Waals surface area contributed by atoms with Crippen LogP contribution in [0.2, 0.25) is 0 Å². The van der Waals surface area contributed by atoms with E-state index < -0.39 is 0 Å². The second-order valence-electron chi connectivity index (χ2n) is 7.47. The van der Waals surface area contributed by atoms with Crippen molar-refractivity contribution in [3.05, 3.63) is 53.8 Å². The molecule has 4 nitrogen and oxygen atoms in total. The lowest BCUT2D eigenvalue weighted by Gasteiger charge is -2.20. The highest BCUT2D eigenvalue weighted by Crippen LogP contribution is 2.29. The monoisotopic (exact) mass is 383 g/mol. The highest BCUT2D eigenvalue weighted by atomic mass is 32.2. The van der Waals surface area contributed by atoms with Crippen molar-refractivity contribution in [3.8, 4) is 11.4 Å². The van der Waals surface area contributed by atoms with E-state index >= 15 is 0 Å². The van der Waals surface area contributed by atoms with Crippen LogP contribution in [0.1, 0.15) is 26.3 Å². The van der Waals surface area contributed by atoms with Crippen molar-refractivity contribution in [2.24, 2.45) is 0 Å². The number of thioether (sulfide) groups is 1. The minimum Gasteiger partial charge on any atom is -0.351 e. The van der Waals surface area contributed by atoms with Gasteiger partial charge in [0.25, 0.3) is 0 Å². The molecule has 3 rings (SSSR count). The van der Waals surface area contributed by atoms with E-state index in [0.29, 0.717) is 5.82 Å². The maximum atomic E-state index is 13.2. The van der Waals surface area contributed by atoms with Crippen LogP contribution in [0.3, 0.4) is 0 Å². The van der Waals surface area contributed by atoms with Gasteiger partial charge in [0, 0.05) is 16.5 Å². The average molecular weight is 383 g/mol. The number of fused-ring (bicyclic) bond motifs is 1. The van der Waals surface area contributed by atoms with Crippen LogP contribution in [0.15, 0.2) is 47.5 Å². The lowest BCUT2D eigenvalue weighted by molar-refractivity contribution is -0.119. The molecular formula is C21H22FN3OS. The van der Waals surface area contributed by atoms with Gasteiger partial charge < -0.3 is 5.32 Å². The van der Waals surface area contributed by atoms with Crippen molar-refractivity contribution < 1.29 is 9.18 Å². The van der Waals surface area contributed by atoms with E-state index in [1.54, 1.807) is 12.1 Å². The Morgan fingerprint density at radius 2 is 1.81 bits per heavy atom. The second-order valence-corrected chi connectivity index (χ2v) is 8.43. The number of amides is 1. The number of rotatable bonds is 4. The van der Waals surface area contributed by atoms with E-state index in [9.17, 15) is 9.18 Å². The van der Waals surface area contributed by atoms with Crippen LogP contribution < -0.4 is 5.32 Å². The number of hydrogen-bond donors (Lipinski definition) is 1. The third kappa shape index (κ3) is 5.04. The zero-order chi connectivity index (χ0) is 19.6. The molecule has 1 N–H and O–H groups in total. The lowest BCUT2D eigenvalue weighted by atomic mass is 10.1. The van der Waals surface area contributed by atoms with Gasteiger partial charge in [0.05, 0.1) is 11.3 Å². The van der Waals surface area contributed by atoms with E-state index in [1.807, 2.05) is 45.9 Å². The van der Waals surface area contributed by atoms with Gasteiger partial charge in [-0.2, -0.15) is 0 Å². The summed E-state index contributed by atoms with van der Waals surface area (Å²) < 4.78 is 13.2. The van der Waals surface area contributed by atoms with Crippen LogP contribution in [0, 0.1) is 12.7 Å². The predicted molar refractivity (Wildman–Crippen MR) is 108 cm³/mol.